The lowest BCUT2D eigenvalue weighted by Gasteiger charge is -2.30. The summed E-state index contributed by atoms with van der Waals surface area (Å²) in [7, 11) is 0. The van der Waals surface area contributed by atoms with Gasteiger partial charge in [0.1, 0.15) is 0 Å². The van der Waals surface area contributed by atoms with Crippen molar-refractivity contribution in [1.82, 2.24) is 10.2 Å². The minimum Gasteiger partial charge on any atom is -0.463 e. The lowest BCUT2D eigenvalue weighted by atomic mass is 9.96. The largest absolute Gasteiger partial charge is 0.463 e. The molecule has 0 atom stereocenters. The molecule has 8 heteroatoms. The van der Waals surface area contributed by atoms with Crippen LogP contribution in [0.15, 0.2) is 47.9 Å². The van der Waals surface area contributed by atoms with Crippen molar-refractivity contribution in [2.45, 2.75) is 26.2 Å². The van der Waals surface area contributed by atoms with Crippen LogP contribution in [-0.2, 0) is 25.5 Å². The molecular weight excluding hydrogens is 438 g/mol. The molecule has 1 fully saturated rings. The molecule has 1 saturated heterocycles. The standard InChI is InChI=1S/C25H31N3O4S/c1-2-32-24(30)10-7-19-5-8-21(9-6-19)27-23(29)18-28-15-12-20(13-16-28)25(31)26-14-11-22-4-3-17-33-22/h3-10,17,20H,2,11-16,18H2,1H3,(H,26,31)(H,27,29)/b10-7+. The molecule has 2 aromatic rings. The summed E-state index contributed by atoms with van der Waals surface area (Å²) in [5.74, 6) is -0.325. The molecule has 2 N–H and O–H groups in total. The molecule has 0 saturated carbocycles. The van der Waals surface area contributed by atoms with Gasteiger partial charge in [0.25, 0.3) is 0 Å². The van der Waals surface area contributed by atoms with Gasteiger partial charge in [0, 0.05) is 29.1 Å². The van der Waals surface area contributed by atoms with Gasteiger partial charge in [0.15, 0.2) is 0 Å². The second-order valence-corrected chi connectivity index (χ2v) is 8.96. The molecule has 33 heavy (non-hydrogen) atoms. The number of esters is 1. The number of hydrogen-bond donors (Lipinski definition) is 2. The Balaban J connectivity index is 1.35. The van der Waals surface area contributed by atoms with Gasteiger partial charge in [0.05, 0.1) is 13.2 Å². The summed E-state index contributed by atoms with van der Waals surface area (Å²) in [6, 6.07) is 11.4. The molecule has 1 aromatic carbocycles. The SMILES string of the molecule is CCOC(=O)/C=C/c1ccc(NC(=O)CN2CCC(C(=O)NCCc3cccs3)CC2)cc1. The number of anilines is 1. The molecule has 2 amide bonds. The smallest absolute Gasteiger partial charge is 0.330 e. The van der Waals surface area contributed by atoms with Gasteiger partial charge in [-0.15, -0.1) is 11.3 Å². The summed E-state index contributed by atoms with van der Waals surface area (Å²) in [6.07, 6.45) is 5.45. The number of thiophene rings is 1. The molecule has 0 radical (unpaired) electrons. The number of carbonyl (C=O) groups is 3. The fraction of sp³-hybridized carbons (Fsp3) is 0.400. The summed E-state index contributed by atoms with van der Waals surface area (Å²) >= 11 is 1.71. The molecule has 1 aliphatic heterocycles. The quantitative estimate of drug-likeness (QED) is 0.412. The number of likely N-dealkylation sites (tertiary alicyclic amines) is 1. The number of amides is 2. The minimum absolute atomic E-state index is 0.0165. The number of ether oxygens (including phenoxy) is 1. The van der Waals surface area contributed by atoms with Gasteiger partial charge in [-0.3, -0.25) is 14.5 Å². The first-order valence-electron chi connectivity index (χ1n) is 11.3. The molecular formula is C25H31N3O4S. The molecule has 0 aliphatic carbocycles. The highest BCUT2D eigenvalue weighted by molar-refractivity contribution is 7.09. The van der Waals surface area contributed by atoms with Gasteiger partial charge in [-0.2, -0.15) is 0 Å². The Bertz CT molecular complexity index is 933. The molecule has 1 aliphatic rings. The maximum Gasteiger partial charge on any atom is 0.330 e. The zero-order valence-electron chi connectivity index (χ0n) is 18.9. The van der Waals surface area contributed by atoms with Crippen molar-refractivity contribution in [3.05, 3.63) is 58.3 Å². The van der Waals surface area contributed by atoms with E-state index in [0.29, 0.717) is 25.4 Å². The predicted octanol–water partition coefficient (Wildman–Crippen LogP) is 3.33. The van der Waals surface area contributed by atoms with E-state index in [0.717, 1.165) is 37.9 Å². The third-order valence-corrected chi connectivity index (χ3v) is 6.41. The van der Waals surface area contributed by atoms with Gasteiger partial charge in [-0.25, -0.2) is 4.79 Å². The monoisotopic (exact) mass is 469 g/mol. The van der Waals surface area contributed by atoms with Crippen molar-refractivity contribution >= 4 is 40.9 Å². The lowest BCUT2D eigenvalue weighted by Crippen LogP contribution is -2.43. The van der Waals surface area contributed by atoms with Crippen LogP contribution in [0.3, 0.4) is 0 Å². The van der Waals surface area contributed by atoms with E-state index in [4.69, 9.17) is 4.74 Å². The van der Waals surface area contributed by atoms with E-state index >= 15 is 0 Å². The zero-order chi connectivity index (χ0) is 23.5. The Morgan fingerprint density at radius 2 is 1.91 bits per heavy atom. The van der Waals surface area contributed by atoms with Crippen molar-refractivity contribution in [2.75, 3.05) is 38.1 Å². The first-order chi connectivity index (χ1) is 16.0. The summed E-state index contributed by atoms with van der Waals surface area (Å²) < 4.78 is 4.85. The molecule has 0 unspecified atom stereocenters. The highest BCUT2D eigenvalue weighted by Crippen LogP contribution is 2.18. The second-order valence-electron chi connectivity index (χ2n) is 7.93. The van der Waals surface area contributed by atoms with Gasteiger partial charge in [-0.05, 0) is 74.5 Å². The van der Waals surface area contributed by atoms with Crippen LogP contribution in [0.2, 0.25) is 0 Å². The van der Waals surface area contributed by atoms with Gasteiger partial charge < -0.3 is 15.4 Å². The highest BCUT2D eigenvalue weighted by atomic mass is 32.1. The van der Waals surface area contributed by atoms with Crippen LogP contribution in [0, 0.1) is 5.92 Å². The lowest BCUT2D eigenvalue weighted by molar-refractivity contribution is -0.137. The Morgan fingerprint density at radius 3 is 2.58 bits per heavy atom. The minimum atomic E-state index is -0.380. The summed E-state index contributed by atoms with van der Waals surface area (Å²) in [5, 5.41) is 7.99. The number of nitrogens with zero attached hydrogens (tertiary/aromatic N) is 1. The topological polar surface area (TPSA) is 87.7 Å². The summed E-state index contributed by atoms with van der Waals surface area (Å²) in [6.45, 7) is 4.53. The summed E-state index contributed by atoms with van der Waals surface area (Å²) in [5.41, 5.74) is 1.55. The molecule has 0 spiro atoms. The van der Waals surface area contributed by atoms with E-state index < -0.39 is 0 Å². The van der Waals surface area contributed by atoms with Crippen molar-refractivity contribution in [1.29, 1.82) is 0 Å². The molecule has 176 valence electrons. The molecule has 2 heterocycles. The normalized spacial score (nSPS) is 14.8. The van der Waals surface area contributed by atoms with Crippen LogP contribution >= 0.6 is 11.3 Å². The zero-order valence-corrected chi connectivity index (χ0v) is 19.7. The Kier molecular flexibility index (Phi) is 9.65. The predicted molar refractivity (Wildman–Crippen MR) is 131 cm³/mol. The first kappa shape index (κ1) is 24.7. The van der Waals surface area contributed by atoms with Gasteiger partial charge in [-0.1, -0.05) is 18.2 Å². The third kappa shape index (κ3) is 8.47. The Labute approximate surface area is 198 Å². The third-order valence-electron chi connectivity index (χ3n) is 5.47. The molecule has 0 bridgehead atoms. The maximum absolute atomic E-state index is 12.4. The number of carbonyl (C=O) groups excluding carboxylic acids is 3. The fourth-order valence-electron chi connectivity index (χ4n) is 3.70. The van der Waals surface area contributed by atoms with E-state index in [1.807, 2.05) is 23.6 Å². The van der Waals surface area contributed by atoms with Crippen LogP contribution in [0.1, 0.15) is 30.2 Å². The van der Waals surface area contributed by atoms with Crippen LogP contribution in [0.4, 0.5) is 5.69 Å². The van der Waals surface area contributed by atoms with E-state index in [2.05, 4.69) is 21.6 Å². The number of rotatable bonds is 10. The Morgan fingerprint density at radius 1 is 1.15 bits per heavy atom. The molecule has 3 rings (SSSR count). The van der Waals surface area contributed by atoms with Crippen LogP contribution < -0.4 is 10.6 Å². The van der Waals surface area contributed by atoms with Gasteiger partial charge in [0.2, 0.25) is 11.8 Å². The molecule has 7 nitrogen and oxygen atoms in total. The average molecular weight is 470 g/mol. The Hall–Kier alpha value is -2.97. The van der Waals surface area contributed by atoms with Gasteiger partial charge >= 0.3 is 5.97 Å². The van der Waals surface area contributed by atoms with E-state index in [1.54, 1.807) is 36.5 Å². The van der Waals surface area contributed by atoms with E-state index in [9.17, 15) is 14.4 Å². The van der Waals surface area contributed by atoms with Crippen LogP contribution in [0.5, 0.6) is 0 Å². The van der Waals surface area contributed by atoms with E-state index in [1.165, 1.54) is 11.0 Å². The number of hydrogen-bond acceptors (Lipinski definition) is 6. The average Bonchev–Trinajstić information content (AvgIpc) is 3.33. The first-order valence-corrected chi connectivity index (χ1v) is 12.2. The number of nitrogens with one attached hydrogen (secondary N) is 2. The summed E-state index contributed by atoms with van der Waals surface area (Å²) in [4.78, 5) is 39.6. The van der Waals surface area contributed by atoms with Crippen LogP contribution in [0.25, 0.3) is 6.08 Å². The van der Waals surface area contributed by atoms with E-state index in [-0.39, 0.29) is 23.7 Å². The van der Waals surface area contributed by atoms with Crippen molar-refractivity contribution < 1.29 is 19.1 Å². The van der Waals surface area contributed by atoms with Crippen molar-refractivity contribution in [2.24, 2.45) is 5.92 Å². The number of benzene rings is 1. The van der Waals surface area contributed by atoms with Crippen molar-refractivity contribution in [3.63, 3.8) is 0 Å². The second kappa shape index (κ2) is 12.9. The maximum atomic E-state index is 12.4. The van der Waals surface area contributed by atoms with Crippen molar-refractivity contribution in [3.8, 4) is 0 Å². The fourth-order valence-corrected chi connectivity index (χ4v) is 4.41. The number of piperidine rings is 1. The molecule has 1 aromatic heterocycles. The van der Waals surface area contributed by atoms with Crippen LogP contribution in [-0.4, -0.2) is 55.5 Å². The highest BCUT2D eigenvalue weighted by Gasteiger charge is 2.25.